The highest BCUT2D eigenvalue weighted by atomic mass is 32.1. The minimum Gasteiger partial charge on any atom is -0.444 e. The molecule has 2 rings (SSSR count). The first kappa shape index (κ1) is 15.2. The summed E-state index contributed by atoms with van der Waals surface area (Å²) in [6.45, 7) is 5.04. The Morgan fingerprint density at radius 2 is 2.19 bits per heavy atom. The fraction of sp³-hybridized carbons (Fsp3) is 0.500. The number of rotatable bonds is 3. The van der Waals surface area contributed by atoms with Crippen LogP contribution in [0.2, 0.25) is 0 Å². The molecule has 21 heavy (non-hydrogen) atoms. The molecular weight excluding hydrogens is 296 g/mol. The van der Waals surface area contributed by atoms with Crippen molar-refractivity contribution >= 4 is 29.4 Å². The third-order valence-corrected chi connectivity index (χ3v) is 3.57. The number of imide groups is 1. The van der Waals surface area contributed by atoms with Gasteiger partial charge in [-0.2, -0.15) is 0 Å². The van der Waals surface area contributed by atoms with Gasteiger partial charge in [-0.05, 0) is 20.8 Å². The van der Waals surface area contributed by atoms with E-state index in [1.165, 1.54) is 17.5 Å². The van der Waals surface area contributed by atoms with Gasteiger partial charge in [0.25, 0.3) is 5.91 Å². The second kappa shape index (κ2) is 5.32. The molecule has 1 saturated heterocycles. The monoisotopic (exact) mass is 312 g/mol. The van der Waals surface area contributed by atoms with E-state index in [-0.39, 0.29) is 6.54 Å². The molecular formula is C12H16N4O4S. The quantitative estimate of drug-likeness (QED) is 0.712. The van der Waals surface area contributed by atoms with E-state index in [0.717, 1.165) is 0 Å². The van der Waals surface area contributed by atoms with Gasteiger partial charge in [-0.1, -0.05) is 0 Å². The number of aromatic nitrogens is 1. The molecule has 8 nitrogen and oxygen atoms in total. The van der Waals surface area contributed by atoms with E-state index in [1.54, 1.807) is 26.2 Å². The van der Waals surface area contributed by atoms with Gasteiger partial charge in [0.05, 0.1) is 6.54 Å². The highest BCUT2D eigenvalue weighted by Gasteiger charge is 2.50. The van der Waals surface area contributed by atoms with Crippen LogP contribution in [0.5, 0.6) is 0 Å². The number of hydrogen-bond acceptors (Lipinski definition) is 6. The van der Waals surface area contributed by atoms with Crippen LogP contribution in [0.25, 0.3) is 0 Å². The summed E-state index contributed by atoms with van der Waals surface area (Å²) in [5, 5.41) is 9.23. The number of amides is 4. The zero-order valence-electron chi connectivity index (χ0n) is 11.9. The second-order valence-electron chi connectivity index (χ2n) is 5.51. The van der Waals surface area contributed by atoms with Crippen LogP contribution in [-0.4, -0.2) is 35.2 Å². The molecule has 0 unspecified atom stereocenters. The van der Waals surface area contributed by atoms with Gasteiger partial charge in [0, 0.05) is 11.6 Å². The van der Waals surface area contributed by atoms with Gasteiger partial charge >= 0.3 is 12.1 Å². The number of hydrogen-bond donors (Lipinski definition) is 3. The summed E-state index contributed by atoms with van der Waals surface area (Å²) in [7, 11) is 0. The number of carbonyl (C=O) groups excluding carboxylic acids is 3. The molecule has 1 aliphatic rings. The number of nitrogens with one attached hydrogen (secondary N) is 3. The number of alkyl carbamates (subject to hydrolysis) is 1. The average molecular weight is 312 g/mol. The zero-order valence-corrected chi connectivity index (χ0v) is 12.7. The Bertz CT molecular complexity index is 566. The Morgan fingerprint density at radius 1 is 1.48 bits per heavy atom. The SMILES string of the molecule is CC(C)(C)OC(=O)NC[C@@]1(c2nccs2)NC(=O)NC1=O. The summed E-state index contributed by atoms with van der Waals surface area (Å²) in [5.74, 6) is -0.557. The van der Waals surface area contributed by atoms with Crippen molar-refractivity contribution in [3.05, 3.63) is 16.6 Å². The average Bonchev–Trinajstić information content (AvgIpc) is 2.93. The van der Waals surface area contributed by atoms with Crippen molar-refractivity contribution in [3.8, 4) is 0 Å². The maximum Gasteiger partial charge on any atom is 0.407 e. The minimum atomic E-state index is -1.40. The molecule has 0 bridgehead atoms. The van der Waals surface area contributed by atoms with E-state index in [1.807, 2.05) is 0 Å². The van der Waals surface area contributed by atoms with Crippen LogP contribution < -0.4 is 16.0 Å². The molecule has 3 N–H and O–H groups in total. The molecule has 1 fully saturated rings. The van der Waals surface area contributed by atoms with Gasteiger partial charge < -0.3 is 15.4 Å². The third-order valence-electron chi connectivity index (χ3n) is 2.64. The maximum atomic E-state index is 12.1. The normalized spacial score (nSPS) is 21.7. The summed E-state index contributed by atoms with van der Waals surface area (Å²) in [4.78, 5) is 39.3. The molecule has 0 aliphatic carbocycles. The highest BCUT2D eigenvalue weighted by Crippen LogP contribution is 2.26. The molecule has 0 spiro atoms. The van der Waals surface area contributed by atoms with Gasteiger partial charge in [0.1, 0.15) is 10.6 Å². The molecule has 1 atom stereocenters. The van der Waals surface area contributed by atoms with E-state index in [2.05, 4.69) is 20.9 Å². The van der Waals surface area contributed by atoms with Gasteiger partial charge in [0.15, 0.2) is 5.54 Å². The summed E-state index contributed by atoms with van der Waals surface area (Å²) in [6, 6.07) is -0.624. The molecule has 1 aromatic heterocycles. The standard InChI is InChI=1S/C12H16N4O4S/c1-11(2,3)20-10(19)14-6-12(8-13-4-5-21-8)7(17)15-9(18)16-12/h4-5H,6H2,1-3H3,(H,14,19)(H2,15,16,17,18)/t12-/m1/s1. The largest absolute Gasteiger partial charge is 0.444 e. The smallest absolute Gasteiger partial charge is 0.407 e. The fourth-order valence-electron chi connectivity index (χ4n) is 1.80. The van der Waals surface area contributed by atoms with Crippen LogP contribution in [0, 0.1) is 0 Å². The van der Waals surface area contributed by atoms with E-state index in [9.17, 15) is 14.4 Å². The van der Waals surface area contributed by atoms with Crippen molar-refractivity contribution in [1.29, 1.82) is 0 Å². The molecule has 1 aromatic rings. The molecule has 9 heteroatoms. The number of urea groups is 1. The van der Waals surface area contributed by atoms with Crippen LogP contribution in [0.15, 0.2) is 11.6 Å². The summed E-state index contributed by atoms with van der Waals surface area (Å²) < 4.78 is 5.11. The highest BCUT2D eigenvalue weighted by molar-refractivity contribution is 7.09. The van der Waals surface area contributed by atoms with Crippen molar-refractivity contribution < 1.29 is 19.1 Å². The van der Waals surface area contributed by atoms with Gasteiger partial charge in [-0.25, -0.2) is 14.6 Å². The Kier molecular flexibility index (Phi) is 3.86. The first-order chi connectivity index (χ1) is 9.73. The minimum absolute atomic E-state index is 0.146. The first-order valence-electron chi connectivity index (χ1n) is 6.23. The zero-order chi connectivity index (χ0) is 15.7. The Hall–Kier alpha value is -2.16. The molecule has 0 saturated carbocycles. The lowest BCUT2D eigenvalue weighted by Crippen LogP contribution is -2.53. The number of ether oxygens (including phenoxy) is 1. The Labute approximate surface area is 125 Å². The van der Waals surface area contributed by atoms with Crippen molar-refractivity contribution in [2.45, 2.75) is 31.9 Å². The Morgan fingerprint density at radius 3 is 2.67 bits per heavy atom. The van der Waals surface area contributed by atoms with Crippen LogP contribution in [-0.2, 0) is 15.1 Å². The lowest BCUT2D eigenvalue weighted by Gasteiger charge is -2.25. The van der Waals surface area contributed by atoms with Crippen molar-refractivity contribution in [2.75, 3.05) is 6.54 Å². The molecule has 0 radical (unpaired) electrons. The van der Waals surface area contributed by atoms with Crippen molar-refractivity contribution in [3.63, 3.8) is 0 Å². The predicted molar refractivity (Wildman–Crippen MR) is 74.7 cm³/mol. The van der Waals surface area contributed by atoms with Gasteiger partial charge in [-0.15, -0.1) is 11.3 Å². The second-order valence-corrected chi connectivity index (χ2v) is 6.40. The van der Waals surface area contributed by atoms with Crippen LogP contribution in [0.4, 0.5) is 9.59 Å². The third kappa shape index (κ3) is 3.30. The van der Waals surface area contributed by atoms with Crippen molar-refractivity contribution in [1.82, 2.24) is 20.9 Å². The lowest BCUT2D eigenvalue weighted by atomic mass is 10.0. The van der Waals surface area contributed by atoms with E-state index in [0.29, 0.717) is 5.01 Å². The molecule has 4 amide bonds. The first-order valence-corrected chi connectivity index (χ1v) is 7.11. The van der Waals surface area contributed by atoms with Crippen LogP contribution >= 0.6 is 11.3 Å². The topological polar surface area (TPSA) is 109 Å². The number of carbonyl (C=O) groups is 3. The molecule has 1 aliphatic heterocycles. The van der Waals surface area contributed by atoms with E-state index in [4.69, 9.17) is 4.74 Å². The summed E-state index contributed by atoms with van der Waals surface area (Å²) in [5.41, 5.74) is -2.05. The summed E-state index contributed by atoms with van der Waals surface area (Å²) in [6.07, 6.45) is 0.847. The van der Waals surface area contributed by atoms with E-state index < -0.39 is 29.2 Å². The van der Waals surface area contributed by atoms with Crippen LogP contribution in [0.1, 0.15) is 25.8 Å². The molecule has 0 aromatic carbocycles. The Balaban J connectivity index is 2.14. The summed E-state index contributed by atoms with van der Waals surface area (Å²) >= 11 is 1.21. The molecule has 2 heterocycles. The van der Waals surface area contributed by atoms with Crippen molar-refractivity contribution in [2.24, 2.45) is 0 Å². The van der Waals surface area contributed by atoms with Gasteiger partial charge in [-0.3, -0.25) is 10.1 Å². The van der Waals surface area contributed by atoms with Crippen LogP contribution in [0.3, 0.4) is 0 Å². The molecule has 114 valence electrons. The number of nitrogens with zero attached hydrogens (tertiary/aromatic N) is 1. The van der Waals surface area contributed by atoms with E-state index >= 15 is 0 Å². The van der Waals surface area contributed by atoms with Gasteiger partial charge in [0.2, 0.25) is 0 Å². The predicted octanol–water partition coefficient (Wildman–Crippen LogP) is 0.702. The lowest BCUT2D eigenvalue weighted by molar-refractivity contribution is -0.124. The maximum absolute atomic E-state index is 12.1. The fourth-order valence-corrected chi connectivity index (χ4v) is 2.58. The number of thiazole rings is 1.